The van der Waals surface area contributed by atoms with Crippen LogP contribution in [0.5, 0.6) is 0 Å². The van der Waals surface area contributed by atoms with Gasteiger partial charge in [-0.15, -0.1) is 0 Å². The Hall–Kier alpha value is -0.520. The number of nitrogens with zero attached hydrogens (tertiary/aromatic N) is 1. The molecule has 0 amide bonds. The molecule has 1 unspecified atom stereocenters. The highest BCUT2D eigenvalue weighted by atomic mass is 32.2. The van der Waals surface area contributed by atoms with Crippen LogP contribution in [0.25, 0.3) is 0 Å². The summed E-state index contributed by atoms with van der Waals surface area (Å²) in [5.74, 6) is 1.02. The Morgan fingerprint density at radius 3 is 2.59 bits per heavy atom. The lowest BCUT2D eigenvalue weighted by Gasteiger charge is -2.06. The first-order valence-corrected chi connectivity index (χ1v) is 8.46. The van der Waals surface area contributed by atoms with E-state index in [-0.39, 0.29) is 6.04 Å². The van der Waals surface area contributed by atoms with Gasteiger partial charge in [-0.05, 0) is 37.5 Å². The molecule has 0 spiro atoms. The third kappa shape index (κ3) is 2.84. The second-order valence-electron chi connectivity index (χ2n) is 4.32. The van der Waals surface area contributed by atoms with E-state index in [0.29, 0.717) is 11.4 Å². The number of benzene rings is 1. The second kappa shape index (κ2) is 5.00. The van der Waals surface area contributed by atoms with Crippen molar-refractivity contribution in [1.29, 1.82) is 0 Å². The average Bonchev–Trinajstić information content (AvgIpc) is 3.07. The summed E-state index contributed by atoms with van der Waals surface area (Å²) in [7, 11) is -3.24. The molecule has 3 nitrogen and oxygen atoms in total. The van der Waals surface area contributed by atoms with Crippen LogP contribution < -0.4 is 0 Å². The van der Waals surface area contributed by atoms with E-state index in [1.807, 2.05) is 25.3 Å². The maximum absolute atomic E-state index is 12.2. The monoisotopic (exact) mass is 271 g/mol. The van der Waals surface area contributed by atoms with E-state index in [1.165, 1.54) is 0 Å². The Morgan fingerprint density at radius 2 is 2.00 bits per heavy atom. The van der Waals surface area contributed by atoms with Crippen molar-refractivity contribution in [1.82, 2.24) is 4.31 Å². The van der Waals surface area contributed by atoms with Gasteiger partial charge in [0.25, 0.3) is 0 Å². The number of hydrogen-bond acceptors (Lipinski definition) is 3. The molecule has 1 aromatic carbocycles. The van der Waals surface area contributed by atoms with Crippen LogP contribution in [-0.4, -0.2) is 37.3 Å². The van der Waals surface area contributed by atoms with Crippen LogP contribution >= 0.6 is 11.8 Å². The maximum Gasteiger partial charge on any atom is 0.243 e. The molecule has 94 valence electrons. The van der Waals surface area contributed by atoms with Crippen LogP contribution in [0.4, 0.5) is 0 Å². The summed E-state index contributed by atoms with van der Waals surface area (Å²) in [5, 5.41) is 0. The summed E-state index contributed by atoms with van der Waals surface area (Å²) in [4.78, 5) is 0.412. The van der Waals surface area contributed by atoms with Crippen LogP contribution in [0.2, 0.25) is 0 Å². The Morgan fingerprint density at radius 1 is 1.35 bits per heavy atom. The van der Waals surface area contributed by atoms with Crippen molar-refractivity contribution in [3.05, 3.63) is 29.8 Å². The predicted octanol–water partition coefficient (Wildman–Crippen LogP) is 2.12. The van der Waals surface area contributed by atoms with Gasteiger partial charge in [0.15, 0.2) is 0 Å². The molecule has 1 aliphatic rings. The number of rotatable bonds is 5. The van der Waals surface area contributed by atoms with Crippen LogP contribution in [-0.2, 0) is 10.0 Å². The summed E-state index contributed by atoms with van der Waals surface area (Å²) in [6.45, 7) is 2.63. The van der Waals surface area contributed by atoms with E-state index in [2.05, 4.69) is 0 Å². The van der Waals surface area contributed by atoms with Gasteiger partial charge in [-0.25, -0.2) is 8.42 Å². The van der Waals surface area contributed by atoms with Crippen molar-refractivity contribution >= 4 is 21.8 Å². The zero-order valence-corrected chi connectivity index (χ0v) is 11.7. The highest BCUT2D eigenvalue weighted by molar-refractivity contribution is 7.98. The molecule has 0 bridgehead atoms. The van der Waals surface area contributed by atoms with Gasteiger partial charge < -0.3 is 0 Å². The summed E-state index contributed by atoms with van der Waals surface area (Å²) >= 11 is 1.76. The van der Waals surface area contributed by atoms with Gasteiger partial charge in [-0.1, -0.05) is 17.7 Å². The maximum atomic E-state index is 12.2. The van der Waals surface area contributed by atoms with Crippen molar-refractivity contribution in [2.45, 2.75) is 24.3 Å². The van der Waals surface area contributed by atoms with E-state index >= 15 is 0 Å². The van der Waals surface area contributed by atoms with Gasteiger partial charge in [0, 0.05) is 12.6 Å². The molecule has 5 heteroatoms. The Bertz CT molecular complexity index is 482. The van der Waals surface area contributed by atoms with E-state index in [4.69, 9.17) is 0 Å². The standard InChI is InChI=1S/C12H17NO2S2/c1-10-3-5-12(6-4-10)17(14,15)13-9-11(13)7-8-16-2/h3-6,11H,7-9H2,1-2H3/t11-,13?/m0/s1. The molecule has 0 aliphatic carbocycles. The van der Waals surface area contributed by atoms with Gasteiger partial charge in [-0.3, -0.25) is 0 Å². The fourth-order valence-corrected chi connectivity index (χ4v) is 3.91. The second-order valence-corrected chi connectivity index (χ2v) is 7.20. The van der Waals surface area contributed by atoms with E-state index in [0.717, 1.165) is 17.7 Å². The molecule has 17 heavy (non-hydrogen) atoms. The zero-order chi connectivity index (χ0) is 12.5. The SMILES string of the molecule is CSCC[C@H]1CN1S(=O)(=O)c1ccc(C)cc1. The minimum absolute atomic E-state index is 0.216. The van der Waals surface area contributed by atoms with Crippen LogP contribution in [0.15, 0.2) is 29.2 Å². The fourth-order valence-electron chi connectivity index (χ4n) is 1.79. The smallest absolute Gasteiger partial charge is 0.207 e. The van der Waals surface area contributed by atoms with Gasteiger partial charge in [-0.2, -0.15) is 16.1 Å². The van der Waals surface area contributed by atoms with Crippen molar-refractivity contribution in [2.24, 2.45) is 0 Å². The quantitative estimate of drug-likeness (QED) is 0.770. The lowest BCUT2D eigenvalue weighted by molar-refractivity contribution is 0.550. The lowest BCUT2D eigenvalue weighted by atomic mass is 10.2. The highest BCUT2D eigenvalue weighted by Crippen LogP contribution is 2.30. The Labute approximate surface area is 107 Å². The lowest BCUT2D eigenvalue weighted by Crippen LogP contribution is -2.15. The van der Waals surface area contributed by atoms with Crippen molar-refractivity contribution in [3.8, 4) is 0 Å². The summed E-state index contributed by atoms with van der Waals surface area (Å²) in [5.41, 5.74) is 1.08. The van der Waals surface area contributed by atoms with E-state index in [1.54, 1.807) is 28.2 Å². The van der Waals surface area contributed by atoms with Gasteiger partial charge in [0.05, 0.1) is 4.90 Å². The molecule has 1 heterocycles. The number of sulfonamides is 1. The van der Waals surface area contributed by atoms with E-state index < -0.39 is 10.0 Å². The number of thioether (sulfide) groups is 1. The largest absolute Gasteiger partial charge is 0.243 e. The first kappa shape index (κ1) is 12.9. The molecule has 0 saturated carbocycles. The van der Waals surface area contributed by atoms with Gasteiger partial charge >= 0.3 is 0 Å². The highest BCUT2D eigenvalue weighted by Gasteiger charge is 2.43. The van der Waals surface area contributed by atoms with Crippen molar-refractivity contribution < 1.29 is 8.42 Å². The van der Waals surface area contributed by atoms with E-state index in [9.17, 15) is 8.42 Å². The molecule has 0 N–H and O–H groups in total. The zero-order valence-electron chi connectivity index (χ0n) is 10.1. The molecule has 2 atom stereocenters. The molecule has 0 radical (unpaired) electrons. The van der Waals surface area contributed by atoms with Gasteiger partial charge in [0.1, 0.15) is 0 Å². The fraction of sp³-hybridized carbons (Fsp3) is 0.500. The number of hydrogen-bond donors (Lipinski definition) is 0. The normalized spacial score (nSPS) is 23.6. The first-order chi connectivity index (χ1) is 8.05. The molecule has 0 aromatic heterocycles. The summed E-state index contributed by atoms with van der Waals surface area (Å²) < 4.78 is 26.0. The molecule has 2 rings (SSSR count). The van der Waals surface area contributed by atoms with Crippen LogP contribution in [0.3, 0.4) is 0 Å². The molecule has 1 aliphatic heterocycles. The molecule has 1 aromatic rings. The first-order valence-electron chi connectivity index (χ1n) is 5.63. The minimum atomic E-state index is -3.24. The minimum Gasteiger partial charge on any atom is -0.207 e. The Kier molecular flexibility index (Phi) is 3.80. The third-order valence-electron chi connectivity index (χ3n) is 2.95. The molecular weight excluding hydrogens is 254 g/mol. The van der Waals surface area contributed by atoms with Crippen LogP contribution in [0.1, 0.15) is 12.0 Å². The Balaban J connectivity index is 2.08. The molecular formula is C12H17NO2S2. The van der Waals surface area contributed by atoms with Crippen LogP contribution in [0, 0.1) is 6.92 Å². The number of aryl methyl sites for hydroxylation is 1. The summed E-state index contributed by atoms with van der Waals surface area (Å²) in [6, 6.07) is 7.28. The van der Waals surface area contributed by atoms with Crippen molar-refractivity contribution in [2.75, 3.05) is 18.6 Å². The predicted molar refractivity (Wildman–Crippen MR) is 71.9 cm³/mol. The van der Waals surface area contributed by atoms with Crippen molar-refractivity contribution in [3.63, 3.8) is 0 Å². The third-order valence-corrected chi connectivity index (χ3v) is 5.52. The molecule has 1 fully saturated rings. The van der Waals surface area contributed by atoms with Gasteiger partial charge in [0.2, 0.25) is 10.0 Å². The average molecular weight is 271 g/mol. The molecule has 1 saturated heterocycles. The topological polar surface area (TPSA) is 37.1 Å². The summed E-state index contributed by atoms with van der Waals surface area (Å²) in [6.07, 6.45) is 2.99.